The van der Waals surface area contributed by atoms with Gasteiger partial charge in [-0.1, -0.05) is 25.8 Å². The van der Waals surface area contributed by atoms with E-state index in [1.165, 1.54) is 13.2 Å². The third-order valence-corrected chi connectivity index (χ3v) is 2.63. The molecule has 0 amide bonds. The molecule has 0 heterocycles. The molecular weight excluding hydrogens is 232 g/mol. The summed E-state index contributed by atoms with van der Waals surface area (Å²) in [6, 6.07) is 4.89. The van der Waals surface area contributed by atoms with Gasteiger partial charge < -0.3 is 14.6 Å². The van der Waals surface area contributed by atoms with Gasteiger partial charge >= 0.3 is 5.97 Å². The second-order valence-electron chi connectivity index (χ2n) is 4.12. The minimum absolute atomic E-state index is 0.0792. The molecule has 0 saturated carbocycles. The zero-order valence-corrected chi connectivity index (χ0v) is 10.9. The predicted octanol–water partition coefficient (Wildman–Crippen LogP) is 3.02. The quantitative estimate of drug-likeness (QED) is 0.598. The number of methoxy groups -OCH3 is 1. The summed E-state index contributed by atoms with van der Waals surface area (Å²) in [4.78, 5) is 11.4. The van der Waals surface area contributed by atoms with Gasteiger partial charge in [0.1, 0.15) is 6.61 Å². The summed E-state index contributed by atoms with van der Waals surface area (Å²) >= 11 is 0. The number of carbonyl (C=O) groups is 1. The maximum Gasteiger partial charge on any atom is 0.306 e. The number of phenols is 1. The number of carbonyl (C=O) groups excluding carboxylic acids is 1. The predicted molar refractivity (Wildman–Crippen MR) is 68.6 cm³/mol. The highest BCUT2D eigenvalue weighted by Gasteiger charge is 2.06. The van der Waals surface area contributed by atoms with E-state index in [2.05, 4.69) is 6.92 Å². The number of esters is 1. The minimum atomic E-state index is -0.185. The van der Waals surface area contributed by atoms with Gasteiger partial charge in [-0.15, -0.1) is 0 Å². The molecule has 1 rings (SSSR count). The molecule has 100 valence electrons. The summed E-state index contributed by atoms with van der Waals surface area (Å²) in [5, 5.41) is 9.42. The van der Waals surface area contributed by atoms with E-state index in [1.807, 2.05) is 0 Å². The van der Waals surface area contributed by atoms with Crippen LogP contribution in [-0.2, 0) is 16.1 Å². The van der Waals surface area contributed by atoms with Crippen molar-refractivity contribution in [1.29, 1.82) is 0 Å². The van der Waals surface area contributed by atoms with Crippen molar-refractivity contribution in [2.45, 2.75) is 39.2 Å². The van der Waals surface area contributed by atoms with Crippen LogP contribution in [0.4, 0.5) is 0 Å². The van der Waals surface area contributed by atoms with E-state index < -0.39 is 0 Å². The van der Waals surface area contributed by atoms with Crippen LogP contribution in [0.5, 0.6) is 11.5 Å². The lowest BCUT2D eigenvalue weighted by atomic mass is 10.2. The lowest BCUT2D eigenvalue weighted by Gasteiger charge is -2.07. The zero-order chi connectivity index (χ0) is 13.4. The molecule has 4 heteroatoms. The first kappa shape index (κ1) is 14.4. The van der Waals surface area contributed by atoms with Gasteiger partial charge in [0.05, 0.1) is 7.11 Å². The third kappa shape index (κ3) is 4.65. The lowest BCUT2D eigenvalue weighted by molar-refractivity contribution is -0.145. The number of hydrogen-bond acceptors (Lipinski definition) is 4. The van der Waals surface area contributed by atoms with Crippen molar-refractivity contribution in [3.63, 3.8) is 0 Å². The Kier molecular flexibility index (Phi) is 6.05. The van der Waals surface area contributed by atoms with Crippen molar-refractivity contribution in [3.8, 4) is 11.5 Å². The number of aromatic hydroxyl groups is 1. The van der Waals surface area contributed by atoms with Crippen molar-refractivity contribution >= 4 is 5.97 Å². The first-order chi connectivity index (χ1) is 8.67. The topological polar surface area (TPSA) is 55.8 Å². The van der Waals surface area contributed by atoms with Gasteiger partial charge in [-0.25, -0.2) is 0 Å². The maximum atomic E-state index is 11.4. The van der Waals surface area contributed by atoms with E-state index in [1.54, 1.807) is 12.1 Å². The van der Waals surface area contributed by atoms with Crippen molar-refractivity contribution in [1.82, 2.24) is 0 Å². The molecule has 0 fully saturated rings. The first-order valence-corrected chi connectivity index (χ1v) is 6.19. The number of unbranched alkanes of at least 4 members (excludes halogenated alkanes) is 2. The van der Waals surface area contributed by atoms with E-state index >= 15 is 0 Å². The molecule has 0 saturated heterocycles. The van der Waals surface area contributed by atoms with Crippen LogP contribution in [0.2, 0.25) is 0 Å². The molecule has 0 spiro atoms. The average Bonchev–Trinajstić information content (AvgIpc) is 2.38. The second-order valence-corrected chi connectivity index (χ2v) is 4.12. The van der Waals surface area contributed by atoms with Gasteiger partial charge in [-0.3, -0.25) is 4.79 Å². The lowest BCUT2D eigenvalue weighted by Crippen LogP contribution is -2.04. The summed E-state index contributed by atoms with van der Waals surface area (Å²) in [6.45, 7) is 2.30. The fourth-order valence-electron chi connectivity index (χ4n) is 1.57. The number of phenolic OH excluding ortho intramolecular Hbond substituents is 1. The second kappa shape index (κ2) is 7.58. The van der Waals surface area contributed by atoms with E-state index in [4.69, 9.17) is 9.47 Å². The first-order valence-electron chi connectivity index (χ1n) is 6.19. The Balaban J connectivity index is 2.41. The van der Waals surface area contributed by atoms with Crippen LogP contribution in [0, 0.1) is 0 Å². The number of ether oxygens (including phenoxy) is 2. The Morgan fingerprint density at radius 2 is 2.11 bits per heavy atom. The molecule has 1 N–H and O–H groups in total. The standard InChI is InChI=1S/C14H20O4/c1-3-4-5-6-14(16)18-10-11-7-8-12(15)13(9-11)17-2/h7-9,15H,3-6,10H2,1-2H3. The van der Waals surface area contributed by atoms with E-state index in [9.17, 15) is 9.90 Å². The van der Waals surface area contributed by atoms with Gasteiger partial charge in [-0.05, 0) is 24.1 Å². The van der Waals surface area contributed by atoms with Crippen LogP contribution in [0.3, 0.4) is 0 Å². The maximum absolute atomic E-state index is 11.4. The summed E-state index contributed by atoms with van der Waals surface area (Å²) in [7, 11) is 1.48. The average molecular weight is 252 g/mol. The van der Waals surface area contributed by atoms with E-state index in [0.717, 1.165) is 24.8 Å². The molecule has 4 nitrogen and oxygen atoms in total. The Morgan fingerprint density at radius 3 is 2.78 bits per heavy atom. The summed E-state index contributed by atoms with van der Waals surface area (Å²) < 4.78 is 10.1. The minimum Gasteiger partial charge on any atom is -0.504 e. The van der Waals surface area contributed by atoms with Gasteiger partial charge in [0.2, 0.25) is 0 Å². The van der Waals surface area contributed by atoms with Crippen LogP contribution in [0.15, 0.2) is 18.2 Å². The molecule has 0 aromatic heterocycles. The van der Waals surface area contributed by atoms with Crippen molar-refractivity contribution in [2.75, 3.05) is 7.11 Å². The Bertz CT molecular complexity index is 387. The molecule has 18 heavy (non-hydrogen) atoms. The molecule has 0 aliphatic rings. The van der Waals surface area contributed by atoms with Gasteiger partial charge in [0.15, 0.2) is 11.5 Å². The zero-order valence-electron chi connectivity index (χ0n) is 10.9. The van der Waals surface area contributed by atoms with Crippen molar-refractivity contribution in [2.24, 2.45) is 0 Å². The van der Waals surface area contributed by atoms with E-state index in [0.29, 0.717) is 12.2 Å². The number of benzene rings is 1. The van der Waals surface area contributed by atoms with Gasteiger partial charge in [0.25, 0.3) is 0 Å². The van der Waals surface area contributed by atoms with E-state index in [-0.39, 0.29) is 18.3 Å². The van der Waals surface area contributed by atoms with Crippen LogP contribution in [0.25, 0.3) is 0 Å². The molecule has 0 bridgehead atoms. The third-order valence-electron chi connectivity index (χ3n) is 2.63. The largest absolute Gasteiger partial charge is 0.504 e. The number of rotatable bonds is 7. The highest BCUT2D eigenvalue weighted by Crippen LogP contribution is 2.26. The Labute approximate surface area is 108 Å². The molecule has 1 aromatic carbocycles. The normalized spacial score (nSPS) is 10.1. The Hall–Kier alpha value is -1.71. The van der Waals surface area contributed by atoms with Crippen LogP contribution < -0.4 is 4.74 Å². The van der Waals surface area contributed by atoms with Crippen molar-refractivity contribution in [3.05, 3.63) is 23.8 Å². The molecule has 0 aliphatic carbocycles. The summed E-state index contributed by atoms with van der Waals surface area (Å²) in [5.41, 5.74) is 0.800. The highest BCUT2D eigenvalue weighted by atomic mass is 16.5. The molecule has 0 radical (unpaired) electrons. The molecule has 0 aliphatic heterocycles. The van der Waals surface area contributed by atoms with Crippen molar-refractivity contribution < 1.29 is 19.4 Å². The fourth-order valence-corrected chi connectivity index (χ4v) is 1.57. The summed E-state index contributed by atoms with van der Waals surface area (Å²) in [5.74, 6) is 0.278. The Morgan fingerprint density at radius 1 is 1.33 bits per heavy atom. The molecule has 1 aromatic rings. The summed E-state index contributed by atoms with van der Waals surface area (Å²) in [6.07, 6.45) is 3.46. The molecule has 0 unspecified atom stereocenters. The molecular formula is C14H20O4. The highest BCUT2D eigenvalue weighted by molar-refractivity contribution is 5.69. The molecule has 0 atom stereocenters. The van der Waals surface area contributed by atoms with Crippen LogP contribution >= 0.6 is 0 Å². The number of hydrogen-bond donors (Lipinski definition) is 1. The fraction of sp³-hybridized carbons (Fsp3) is 0.500. The van der Waals surface area contributed by atoms with Crippen LogP contribution in [0.1, 0.15) is 38.2 Å². The van der Waals surface area contributed by atoms with Gasteiger partial charge in [0, 0.05) is 6.42 Å². The smallest absolute Gasteiger partial charge is 0.306 e. The monoisotopic (exact) mass is 252 g/mol. The van der Waals surface area contributed by atoms with Crippen LogP contribution in [-0.4, -0.2) is 18.2 Å². The SMILES string of the molecule is CCCCCC(=O)OCc1ccc(O)c(OC)c1. The van der Waals surface area contributed by atoms with Gasteiger partial charge in [-0.2, -0.15) is 0 Å².